The maximum Gasteiger partial charge on any atom is 0.215 e. The molecule has 0 amide bonds. The van der Waals surface area contributed by atoms with Crippen molar-refractivity contribution in [1.82, 2.24) is 19.5 Å². The van der Waals surface area contributed by atoms with Crippen molar-refractivity contribution in [2.45, 2.75) is 20.4 Å². The van der Waals surface area contributed by atoms with Crippen molar-refractivity contribution < 1.29 is 8.42 Å². The Balaban J connectivity index is 1.93. The van der Waals surface area contributed by atoms with Crippen LogP contribution in [0.5, 0.6) is 0 Å². The van der Waals surface area contributed by atoms with E-state index in [-0.39, 0.29) is 12.3 Å². The molecule has 0 bridgehead atoms. The number of nitrogens with zero attached hydrogens (tertiary/aromatic N) is 4. The second-order valence-corrected chi connectivity index (χ2v) is 10.2. The molecule has 1 saturated heterocycles. The van der Waals surface area contributed by atoms with E-state index >= 15 is 0 Å². The predicted octanol–water partition coefficient (Wildman–Crippen LogP) is 1.23. The number of guanidine groups is 1. The van der Waals surface area contributed by atoms with E-state index in [9.17, 15) is 8.42 Å². The minimum absolute atomic E-state index is 0.0518. The van der Waals surface area contributed by atoms with Crippen molar-refractivity contribution in [3.05, 3.63) is 16.1 Å². The highest BCUT2D eigenvalue weighted by Gasteiger charge is 2.23. The lowest BCUT2D eigenvalue weighted by Crippen LogP contribution is -2.41. The summed E-state index contributed by atoms with van der Waals surface area (Å²) in [7, 11) is -1.28. The van der Waals surface area contributed by atoms with E-state index in [2.05, 4.69) is 15.3 Å². The lowest BCUT2D eigenvalue weighted by Gasteiger charge is -2.25. The number of aromatic nitrogens is 1. The first-order valence-corrected chi connectivity index (χ1v) is 12.0. The number of rotatable bonds is 7. The van der Waals surface area contributed by atoms with Gasteiger partial charge >= 0.3 is 0 Å². The van der Waals surface area contributed by atoms with Crippen LogP contribution in [0.25, 0.3) is 0 Å². The molecule has 0 spiro atoms. The van der Waals surface area contributed by atoms with Crippen LogP contribution >= 0.6 is 23.1 Å². The SMILES string of the molecule is CCNC(=NCCS(=O)(=O)N1CCSCC1)N(C)Cc1csc(C)n1. The van der Waals surface area contributed by atoms with Gasteiger partial charge in [-0.2, -0.15) is 11.8 Å². The Labute approximate surface area is 159 Å². The highest BCUT2D eigenvalue weighted by Crippen LogP contribution is 2.13. The van der Waals surface area contributed by atoms with Gasteiger partial charge in [0, 0.05) is 43.6 Å². The van der Waals surface area contributed by atoms with Gasteiger partial charge in [-0.1, -0.05) is 0 Å². The molecule has 0 aliphatic carbocycles. The van der Waals surface area contributed by atoms with Crippen LogP contribution in [0.3, 0.4) is 0 Å². The third-order valence-corrected chi connectivity index (χ3v) is 7.35. The molecule has 0 unspecified atom stereocenters. The molecule has 1 N–H and O–H groups in total. The van der Waals surface area contributed by atoms with E-state index in [1.54, 1.807) is 27.4 Å². The molecule has 1 aliphatic rings. The molecule has 2 rings (SSSR count). The molecule has 0 saturated carbocycles. The topological polar surface area (TPSA) is 77.9 Å². The van der Waals surface area contributed by atoms with Crippen LogP contribution in [0.4, 0.5) is 0 Å². The summed E-state index contributed by atoms with van der Waals surface area (Å²) >= 11 is 3.43. The molecular formula is C15H27N5O2S3. The van der Waals surface area contributed by atoms with Crippen LogP contribution < -0.4 is 5.32 Å². The minimum Gasteiger partial charge on any atom is -0.357 e. The largest absolute Gasteiger partial charge is 0.357 e. The number of aliphatic imine (C=N–C) groups is 1. The Morgan fingerprint density at radius 2 is 2.16 bits per heavy atom. The molecule has 142 valence electrons. The van der Waals surface area contributed by atoms with Crippen molar-refractivity contribution in [2.75, 3.05) is 50.5 Å². The standard InChI is InChI=1S/C15H27N5O2S3/c1-4-16-15(19(3)11-14-12-24-13(2)18-14)17-5-10-25(21,22)20-6-8-23-9-7-20/h12H,4-11H2,1-3H3,(H,16,17). The van der Waals surface area contributed by atoms with Gasteiger partial charge in [0.2, 0.25) is 10.0 Å². The summed E-state index contributed by atoms with van der Waals surface area (Å²) in [6.45, 7) is 6.84. The quantitative estimate of drug-likeness (QED) is 0.543. The van der Waals surface area contributed by atoms with Crippen LogP contribution in [-0.4, -0.2) is 79.1 Å². The monoisotopic (exact) mass is 405 g/mol. The van der Waals surface area contributed by atoms with E-state index < -0.39 is 10.0 Å². The number of thiazole rings is 1. The predicted molar refractivity (Wildman–Crippen MR) is 107 cm³/mol. The van der Waals surface area contributed by atoms with Gasteiger partial charge in [-0.05, 0) is 13.8 Å². The fourth-order valence-electron chi connectivity index (χ4n) is 2.49. The number of hydrogen-bond acceptors (Lipinski definition) is 6. The lowest BCUT2D eigenvalue weighted by atomic mass is 10.4. The second kappa shape index (κ2) is 9.75. The zero-order valence-electron chi connectivity index (χ0n) is 15.1. The fourth-order valence-corrected chi connectivity index (χ4v) is 5.55. The van der Waals surface area contributed by atoms with Crippen molar-refractivity contribution in [3.63, 3.8) is 0 Å². The first-order chi connectivity index (χ1) is 11.9. The van der Waals surface area contributed by atoms with Crippen LogP contribution in [0.2, 0.25) is 0 Å². The molecule has 2 heterocycles. The van der Waals surface area contributed by atoms with E-state index in [1.165, 1.54) is 0 Å². The van der Waals surface area contributed by atoms with Crippen LogP contribution in [0, 0.1) is 6.92 Å². The minimum atomic E-state index is -3.22. The third kappa shape index (κ3) is 6.43. The summed E-state index contributed by atoms with van der Waals surface area (Å²) in [5, 5.41) is 6.29. The summed E-state index contributed by atoms with van der Waals surface area (Å²) in [4.78, 5) is 10.9. The smallest absolute Gasteiger partial charge is 0.215 e. The number of thioether (sulfide) groups is 1. The van der Waals surface area contributed by atoms with Crippen LogP contribution in [0.15, 0.2) is 10.4 Å². The third-order valence-electron chi connectivity index (χ3n) is 3.74. The van der Waals surface area contributed by atoms with E-state index in [0.717, 1.165) is 28.8 Å². The van der Waals surface area contributed by atoms with Crippen LogP contribution in [-0.2, 0) is 16.6 Å². The number of hydrogen-bond donors (Lipinski definition) is 1. The zero-order chi connectivity index (χ0) is 18.3. The molecule has 7 nitrogen and oxygen atoms in total. The molecule has 10 heteroatoms. The molecule has 1 aromatic heterocycles. The van der Waals surface area contributed by atoms with Crippen molar-refractivity contribution >= 4 is 39.1 Å². The van der Waals surface area contributed by atoms with Crippen molar-refractivity contribution in [3.8, 4) is 0 Å². The highest BCUT2D eigenvalue weighted by molar-refractivity contribution is 7.99. The molecule has 0 atom stereocenters. The van der Waals surface area contributed by atoms with Gasteiger partial charge in [0.05, 0.1) is 29.5 Å². The van der Waals surface area contributed by atoms with Gasteiger partial charge in [0.1, 0.15) is 0 Å². The van der Waals surface area contributed by atoms with E-state index in [4.69, 9.17) is 0 Å². The van der Waals surface area contributed by atoms with Gasteiger partial charge in [-0.3, -0.25) is 4.99 Å². The maximum absolute atomic E-state index is 12.4. The van der Waals surface area contributed by atoms with Gasteiger partial charge in [-0.15, -0.1) is 11.3 Å². The van der Waals surface area contributed by atoms with Gasteiger partial charge < -0.3 is 10.2 Å². The Bertz CT molecular complexity index is 668. The zero-order valence-corrected chi connectivity index (χ0v) is 17.5. The summed E-state index contributed by atoms with van der Waals surface area (Å²) in [6, 6.07) is 0. The lowest BCUT2D eigenvalue weighted by molar-refractivity contribution is 0.443. The first-order valence-electron chi connectivity index (χ1n) is 8.38. The Hall–Kier alpha value is -0.840. The Morgan fingerprint density at radius 3 is 2.76 bits per heavy atom. The molecule has 1 aliphatic heterocycles. The molecule has 25 heavy (non-hydrogen) atoms. The van der Waals surface area contributed by atoms with Gasteiger partial charge in [0.15, 0.2) is 5.96 Å². The van der Waals surface area contributed by atoms with Crippen LogP contribution in [0.1, 0.15) is 17.6 Å². The normalized spacial score (nSPS) is 16.8. The van der Waals surface area contributed by atoms with Crippen molar-refractivity contribution in [2.24, 2.45) is 4.99 Å². The molecular weight excluding hydrogens is 378 g/mol. The van der Waals surface area contributed by atoms with Gasteiger partial charge in [-0.25, -0.2) is 17.7 Å². The Morgan fingerprint density at radius 1 is 1.44 bits per heavy atom. The summed E-state index contributed by atoms with van der Waals surface area (Å²) in [5.74, 6) is 2.51. The highest BCUT2D eigenvalue weighted by atomic mass is 32.2. The second-order valence-electron chi connectivity index (χ2n) is 5.78. The molecule has 0 aromatic carbocycles. The number of aryl methyl sites for hydroxylation is 1. The van der Waals surface area contributed by atoms with E-state index in [0.29, 0.717) is 25.6 Å². The average molecular weight is 406 g/mol. The summed E-state index contributed by atoms with van der Waals surface area (Å²) in [5.41, 5.74) is 0.994. The maximum atomic E-state index is 12.4. The van der Waals surface area contributed by atoms with Gasteiger partial charge in [0.25, 0.3) is 0 Å². The number of nitrogens with one attached hydrogen (secondary N) is 1. The number of sulfonamides is 1. The van der Waals surface area contributed by atoms with Crippen molar-refractivity contribution in [1.29, 1.82) is 0 Å². The van der Waals surface area contributed by atoms with E-state index in [1.807, 2.05) is 31.2 Å². The summed E-state index contributed by atoms with van der Waals surface area (Å²) < 4.78 is 26.4. The first kappa shape index (κ1) is 20.5. The average Bonchev–Trinajstić information content (AvgIpc) is 2.99. The molecule has 0 radical (unpaired) electrons. The Kier molecular flexibility index (Phi) is 7.98. The fraction of sp³-hybridized carbons (Fsp3) is 0.733. The molecule has 1 fully saturated rings. The summed E-state index contributed by atoms with van der Waals surface area (Å²) in [6.07, 6.45) is 0. The molecule has 1 aromatic rings.